The highest BCUT2D eigenvalue weighted by molar-refractivity contribution is 7.33. The number of ether oxygens (including phenoxy) is 9. The molecular formula is C64H64O19P+. The zero-order chi connectivity index (χ0) is 59.0. The van der Waals surface area contributed by atoms with Gasteiger partial charge in [-0.2, -0.15) is 0 Å². The minimum absolute atomic E-state index is 0.00340. The fraction of sp³-hybridized carbons (Fsp3) is 0.312. The average molecular weight is 1170 g/mol. The second-order valence-corrected chi connectivity index (χ2v) is 20.3. The molecule has 438 valence electrons. The Kier molecular flexibility index (Phi) is 23.5. The summed E-state index contributed by atoms with van der Waals surface area (Å²) < 4.78 is 82.4. The lowest BCUT2D eigenvalue weighted by atomic mass is 9.95. The lowest BCUT2D eigenvalue weighted by Gasteiger charge is -2.48. The van der Waals surface area contributed by atoms with E-state index in [0.717, 1.165) is 38.5 Å². The summed E-state index contributed by atoms with van der Waals surface area (Å²) >= 11 is 0. The maximum Gasteiger partial charge on any atom is 0.700 e. The van der Waals surface area contributed by atoms with Gasteiger partial charge in [0.05, 0.1) is 40.0 Å². The Balaban J connectivity index is 1.23. The van der Waals surface area contributed by atoms with Crippen molar-refractivity contribution in [3.05, 3.63) is 228 Å². The minimum atomic E-state index is -3.11. The van der Waals surface area contributed by atoms with Crippen molar-refractivity contribution in [3.63, 3.8) is 0 Å². The van der Waals surface area contributed by atoms with Gasteiger partial charge in [0.25, 0.3) is 6.29 Å². The number of carbonyl (C=O) groups excluding carboxylic acids is 6. The molecule has 0 bridgehead atoms. The molecule has 19 nitrogen and oxygen atoms in total. The number of allylic oxidation sites excluding steroid dienone is 1. The van der Waals surface area contributed by atoms with E-state index in [1.54, 1.807) is 109 Å². The molecule has 0 saturated carbocycles. The maximum atomic E-state index is 14.6. The molecule has 0 amide bonds. The van der Waals surface area contributed by atoms with Crippen molar-refractivity contribution in [2.75, 3.05) is 19.8 Å². The van der Waals surface area contributed by atoms with Crippen LogP contribution in [0.3, 0.4) is 0 Å². The zero-order valence-corrected chi connectivity index (χ0v) is 46.6. The standard InChI is InChI=1S/C64H64O19P/c1-2-3-4-5-6-7-8-27-40-74-84(72)83-64-56(81-62(71)48-38-25-14-26-39-48)54(79-60(69)46-34-21-12-22-35-46)52(50(76-64)42-73-57(66)43-28-15-9-16-29-43)82-63-55(80-61(70)47-36-23-13-24-37-47)53(78-59(68)45-32-19-11-20-33-45)51(49(41-65)75-63)77-58(67)44-30-17-10-18-31-44/h2,9-26,28-39,49-56,63-65H,1,3-8,27,40-42H2/q+1/t49-,50-,51+,52-,53+,54+,55-,56+,63+,64-/m1/s1. The largest absolute Gasteiger partial charge is 0.700 e. The number of rotatable bonds is 28. The Hall–Kier alpha value is -8.26. The Morgan fingerprint density at radius 2 is 0.774 bits per heavy atom. The summed E-state index contributed by atoms with van der Waals surface area (Å²) in [7, 11) is -3.11. The van der Waals surface area contributed by atoms with Crippen LogP contribution in [0.25, 0.3) is 0 Å². The minimum Gasteiger partial charge on any atom is -0.459 e. The van der Waals surface area contributed by atoms with Gasteiger partial charge in [-0.25, -0.2) is 28.8 Å². The van der Waals surface area contributed by atoms with E-state index in [-0.39, 0.29) is 40.0 Å². The Labute approximate surface area is 486 Å². The third kappa shape index (κ3) is 17.4. The third-order valence-corrected chi connectivity index (χ3v) is 14.3. The van der Waals surface area contributed by atoms with Gasteiger partial charge in [-0.3, -0.25) is 0 Å². The van der Waals surface area contributed by atoms with Gasteiger partial charge >= 0.3 is 44.1 Å². The van der Waals surface area contributed by atoms with Crippen LogP contribution in [0.1, 0.15) is 107 Å². The van der Waals surface area contributed by atoms with Crippen LogP contribution in [0.4, 0.5) is 0 Å². The molecule has 20 heteroatoms. The van der Waals surface area contributed by atoms with E-state index in [1.807, 2.05) is 6.08 Å². The monoisotopic (exact) mass is 1170 g/mol. The first kappa shape index (κ1) is 61.8. The molecule has 2 saturated heterocycles. The second kappa shape index (κ2) is 32.0. The summed E-state index contributed by atoms with van der Waals surface area (Å²) in [5, 5.41) is 11.2. The van der Waals surface area contributed by atoms with Gasteiger partial charge in [0.15, 0.2) is 36.8 Å². The predicted octanol–water partition coefficient (Wildman–Crippen LogP) is 10.4. The summed E-state index contributed by atoms with van der Waals surface area (Å²) in [6.45, 7) is 2.04. The summed E-state index contributed by atoms with van der Waals surface area (Å²) in [4.78, 5) is 85.5. The summed E-state index contributed by atoms with van der Waals surface area (Å²) in [5.41, 5.74) is 0.191. The molecule has 0 aromatic heterocycles. The summed E-state index contributed by atoms with van der Waals surface area (Å²) in [6, 6.07) is 46.4. The van der Waals surface area contributed by atoms with E-state index in [2.05, 4.69) is 6.58 Å². The lowest BCUT2D eigenvalue weighted by molar-refractivity contribution is -0.349. The molecule has 1 N–H and O–H groups in total. The number of benzene rings is 6. The van der Waals surface area contributed by atoms with Crippen molar-refractivity contribution in [2.24, 2.45) is 0 Å². The van der Waals surface area contributed by atoms with Crippen molar-refractivity contribution in [2.45, 2.75) is 106 Å². The van der Waals surface area contributed by atoms with Gasteiger partial charge in [-0.15, -0.1) is 11.1 Å². The van der Waals surface area contributed by atoms with Crippen molar-refractivity contribution in [3.8, 4) is 0 Å². The topological polar surface area (TPSA) is 241 Å². The van der Waals surface area contributed by atoms with E-state index in [9.17, 15) is 38.4 Å². The van der Waals surface area contributed by atoms with Crippen LogP contribution in [0.15, 0.2) is 195 Å². The van der Waals surface area contributed by atoms with E-state index in [0.29, 0.717) is 6.42 Å². The van der Waals surface area contributed by atoms with Crippen molar-refractivity contribution in [1.82, 2.24) is 0 Å². The second-order valence-electron chi connectivity index (χ2n) is 19.4. The Morgan fingerprint density at radius 3 is 1.19 bits per heavy atom. The molecule has 6 aromatic rings. The molecule has 0 aliphatic carbocycles. The van der Waals surface area contributed by atoms with Crippen molar-refractivity contribution < 1.29 is 90.1 Å². The fourth-order valence-corrected chi connectivity index (χ4v) is 9.89. The molecule has 84 heavy (non-hydrogen) atoms. The van der Waals surface area contributed by atoms with Gasteiger partial charge in [0.1, 0.15) is 31.5 Å². The molecule has 2 heterocycles. The molecule has 2 aliphatic rings. The normalized spacial score (nSPS) is 22.0. The van der Waals surface area contributed by atoms with Crippen LogP contribution in [-0.4, -0.2) is 122 Å². The molecule has 0 radical (unpaired) electrons. The number of hydrogen-bond acceptors (Lipinski definition) is 19. The highest BCUT2D eigenvalue weighted by atomic mass is 31.1. The molecule has 2 aliphatic heterocycles. The molecule has 11 atom stereocenters. The highest BCUT2D eigenvalue weighted by Crippen LogP contribution is 2.40. The van der Waals surface area contributed by atoms with Gasteiger partial charge in [-0.05, 0) is 92.1 Å². The first-order valence-corrected chi connectivity index (χ1v) is 28.6. The SMILES string of the molecule is C=CCCCCCCCCO[P+](=O)O[C@H]1O[C@H](COC(=O)c2ccccc2)[C@@H](O[C@@H]2O[C@H](CO)[C@H](OC(=O)c3ccccc3)[C@H](OC(=O)c3ccccc3)[C@H]2OC(=O)c2ccccc2)[C@H](OC(=O)c2ccccc2)[C@@H]1OC(=O)c1ccccc1. The zero-order valence-electron chi connectivity index (χ0n) is 45.7. The van der Waals surface area contributed by atoms with Crippen LogP contribution >= 0.6 is 8.25 Å². The highest BCUT2D eigenvalue weighted by Gasteiger charge is 2.59. The van der Waals surface area contributed by atoms with Crippen LogP contribution in [-0.2, 0) is 56.2 Å². The van der Waals surface area contributed by atoms with E-state index < -0.39 is 119 Å². The van der Waals surface area contributed by atoms with Gasteiger partial charge in [0.2, 0.25) is 0 Å². The molecule has 0 spiro atoms. The van der Waals surface area contributed by atoms with Crippen LogP contribution in [0.5, 0.6) is 0 Å². The molecule has 6 aromatic carbocycles. The molecular weight excluding hydrogens is 1100 g/mol. The number of aliphatic hydroxyl groups is 1. The van der Waals surface area contributed by atoms with E-state index in [4.69, 9.17) is 51.7 Å². The van der Waals surface area contributed by atoms with Crippen LogP contribution in [0, 0.1) is 0 Å². The van der Waals surface area contributed by atoms with E-state index in [1.165, 1.54) is 72.8 Å². The fourth-order valence-electron chi connectivity index (χ4n) is 9.21. The number of aliphatic hydroxyl groups excluding tert-OH is 1. The average Bonchev–Trinajstić information content (AvgIpc) is 3.68. The molecule has 1 unspecified atom stereocenters. The summed E-state index contributed by atoms with van der Waals surface area (Å²) in [6.07, 6.45) is -10.8. The number of unbranched alkanes of at least 4 members (excludes halogenated alkanes) is 6. The van der Waals surface area contributed by atoms with Crippen molar-refractivity contribution in [1.29, 1.82) is 0 Å². The van der Waals surface area contributed by atoms with Crippen molar-refractivity contribution >= 4 is 44.1 Å². The van der Waals surface area contributed by atoms with E-state index >= 15 is 0 Å². The number of carbonyl (C=O) groups is 6. The lowest BCUT2D eigenvalue weighted by Crippen LogP contribution is -2.67. The first-order valence-electron chi connectivity index (χ1n) is 27.5. The van der Waals surface area contributed by atoms with Gasteiger partial charge < -0.3 is 47.7 Å². The number of esters is 6. The van der Waals surface area contributed by atoms with Crippen LogP contribution < -0.4 is 0 Å². The Bertz CT molecular complexity index is 3080. The first-order chi connectivity index (χ1) is 41.0. The van der Waals surface area contributed by atoms with Gasteiger partial charge in [-0.1, -0.05) is 145 Å². The smallest absolute Gasteiger partial charge is 0.459 e. The Morgan fingerprint density at radius 1 is 0.429 bits per heavy atom. The maximum absolute atomic E-state index is 14.6. The summed E-state index contributed by atoms with van der Waals surface area (Å²) in [5.74, 6) is -5.85. The van der Waals surface area contributed by atoms with Gasteiger partial charge in [0, 0.05) is 4.57 Å². The molecule has 8 rings (SSSR count). The quantitative estimate of drug-likeness (QED) is 0.0158. The van der Waals surface area contributed by atoms with Crippen LogP contribution in [0.2, 0.25) is 0 Å². The predicted molar refractivity (Wildman–Crippen MR) is 301 cm³/mol. The number of hydrogen-bond donors (Lipinski definition) is 1. The molecule has 2 fully saturated rings. The third-order valence-electron chi connectivity index (χ3n) is 13.5.